The highest BCUT2D eigenvalue weighted by Gasteiger charge is 2.16. The molecule has 0 radical (unpaired) electrons. The number of methoxy groups -OCH3 is 1. The lowest BCUT2D eigenvalue weighted by molar-refractivity contribution is 0.411. The molecule has 0 unspecified atom stereocenters. The van der Waals surface area contributed by atoms with Gasteiger partial charge in [0, 0.05) is 25.5 Å². The number of guanidine groups is 1. The van der Waals surface area contributed by atoms with E-state index < -0.39 is 0 Å². The van der Waals surface area contributed by atoms with Gasteiger partial charge in [-0.15, -0.1) is 11.3 Å². The fourth-order valence-corrected chi connectivity index (χ4v) is 4.68. The van der Waals surface area contributed by atoms with E-state index in [1.54, 1.807) is 7.11 Å². The molecule has 0 bridgehead atoms. The second-order valence-electron chi connectivity index (χ2n) is 7.07. The summed E-state index contributed by atoms with van der Waals surface area (Å²) in [4.78, 5) is 12.9. The smallest absolute Gasteiger partial charge is 0.193 e. The van der Waals surface area contributed by atoms with Gasteiger partial charge in [0.1, 0.15) is 10.8 Å². The first-order valence-corrected chi connectivity index (χ1v) is 10.4. The molecular formula is C21H30N4OS. The lowest BCUT2D eigenvalue weighted by Gasteiger charge is -2.21. The van der Waals surface area contributed by atoms with Gasteiger partial charge in [-0.25, -0.2) is 4.98 Å². The Morgan fingerprint density at radius 1 is 1.33 bits per heavy atom. The first-order valence-electron chi connectivity index (χ1n) is 9.63. The number of nitrogens with zero attached hydrogens (tertiary/aromatic N) is 3. The first kappa shape index (κ1) is 19.7. The Balaban J connectivity index is 1.53. The second-order valence-corrected chi connectivity index (χ2v) is 8.24. The maximum absolute atomic E-state index is 5.42. The summed E-state index contributed by atoms with van der Waals surface area (Å²) < 4.78 is 5.42. The third kappa shape index (κ3) is 5.01. The molecule has 27 heavy (non-hydrogen) atoms. The molecule has 0 atom stereocenters. The molecule has 0 spiro atoms. The minimum Gasteiger partial charge on any atom is -0.496 e. The van der Waals surface area contributed by atoms with Gasteiger partial charge in [0.2, 0.25) is 0 Å². The Labute approximate surface area is 166 Å². The summed E-state index contributed by atoms with van der Waals surface area (Å²) in [6.45, 7) is 3.70. The highest BCUT2D eigenvalue weighted by molar-refractivity contribution is 7.11. The van der Waals surface area contributed by atoms with Crippen molar-refractivity contribution in [2.75, 3.05) is 27.7 Å². The van der Waals surface area contributed by atoms with Gasteiger partial charge in [-0.3, -0.25) is 4.99 Å². The third-order valence-corrected chi connectivity index (χ3v) is 6.15. The Hall–Kier alpha value is -2.08. The number of aryl methyl sites for hydroxylation is 3. The molecule has 0 saturated carbocycles. The van der Waals surface area contributed by atoms with Crippen LogP contribution >= 0.6 is 11.3 Å². The predicted octanol–water partition coefficient (Wildman–Crippen LogP) is 3.59. The summed E-state index contributed by atoms with van der Waals surface area (Å²) in [5.41, 5.74) is 3.75. The maximum Gasteiger partial charge on any atom is 0.193 e. The SMILES string of the molecule is CN=C(NCCc1ccc(C)c(OC)c1)N(C)Cc1nc2c(s1)CCCC2. The number of aromatic nitrogens is 1. The molecule has 0 aliphatic heterocycles. The third-order valence-electron chi connectivity index (χ3n) is 5.01. The predicted molar refractivity (Wildman–Crippen MR) is 113 cm³/mol. The molecule has 1 N–H and O–H groups in total. The summed E-state index contributed by atoms with van der Waals surface area (Å²) in [6.07, 6.45) is 5.85. The lowest BCUT2D eigenvalue weighted by atomic mass is 10.0. The Kier molecular flexibility index (Phi) is 6.72. The van der Waals surface area contributed by atoms with Gasteiger partial charge in [-0.05, 0) is 56.2 Å². The molecule has 5 nitrogen and oxygen atoms in total. The van der Waals surface area contributed by atoms with Crippen LogP contribution < -0.4 is 10.1 Å². The number of aliphatic imine (C=N–C) groups is 1. The zero-order valence-electron chi connectivity index (χ0n) is 16.8. The van der Waals surface area contributed by atoms with E-state index >= 15 is 0 Å². The molecular weight excluding hydrogens is 356 g/mol. The van der Waals surface area contributed by atoms with Crippen molar-refractivity contribution >= 4 is 17.3 Å². The summed E-state index contributed by atoms with van der Waals surface area (Å²) in [5.74, 6) is 1.85. The summed E-state index contributed by atoms with van der Waals surface area (Å²) >= 11 is 1.87. The van der Waals surface area contributed by atoms with Crippen LogP contribution in [0, 0.1) is 6.92 Å². The van der Waals surface area contributed by atoms with Crippen LogP contribution in [0.1, 0.15) is 39.5 Å². The van der Waals surface area contributed by atoms with E-state index in [1.807, 2.05) is 18.4 Å². The van der Waals surface area contributed by atoms with Crippen LogP contribution in [0.3, 0.4) is 0 Å². The fraction of sp³-hybridized carbons (Fsp3) is 0.524. The molecule has 1 aromatic carbocycles. The zero-order chi connectivity index (χ0) is 19.2. The summed E-state index contributed by atoms with van der Waals surface area (Å²) in [6, 6.07) is 6.38. The van der Waals surface area contributed by atoms with Crippen molar-refractivity contribution in [3.63, 3.8) is 0 Å². The average Bonchev–Trinajstić information content (AvgIpc) is 3.08. The molecule has 146 valence electrons. The van der Waals surface area contributed by atoms with Crippen LogP contribution in [-0.2, 0) is 25.8 Å². The Bertz CT molecular complexity index is 776. The molecule has 1 aromatic heterocycles. The normalized spacial score (nSPS) is 14.0. The van der Waals surface area contributed by atoms with E-state index in [-0.39, 0.29) is 0 Å². The van der Waals surface area contributed by atoms with Crippen molar-refractivity contribution in [3.05, 3.63) is 44.9 Å². The number of ether oxygens (including phenoxy) is 1. The standard InChI is InChI=1S/C21H30N4OS/c1-15-9-10-16(13-18(15)26-4)11-12-23-21(22-2)25(3)14-20-24-17-7-5-6-8-19(17)27-20/h9-10,13H,5-8,11-12,14H2,1-4H3,(H,22,23). The monoisotopic (exact) mass is 386 g/mol. The summed E-state index contributed by atoms with van der Waals surface area (Å²) in [7, 11) is 5.63. The number of nitrogens with one attached hydrogen (secondary N) is 1. The largest absolute Gasteiger partial charge is 0.496 e. The number of hydrogen-bond donors (Lipinski definition) is 1. The van der Waals surface area contributed by atoms with Crippen LogP contribution in [0.5, 0.6) is 5.75 Å². The molecule has 6 heteroatoms. The van der Waals surface area contributed by atoms with E-state index in [2.05, 4.69) is 47.4 Å². The average molecular weight is 387 g/mol. The van der Waals surface area contributed by atoms with Crippen molar-refractivity contribution in [1.82, 2.24) is 15.2 Å². The van der Waals surface area contributed by atoms with Crippen LogP contribution in [-0.4, -0.2) is 43.6 Å². The maximum atomic E-state index is 5.42. The number of fused-ring (bicyclic) bond motifs is 1. The molecule has 0 saturated heterocycles. The van der Waals surface area contributed by atoms with Crippen LogP contribution in [0.15, 0.2) is 23.2 Å². The van der Waals surface area contributed by atoms with Crippen molar-refractivity contribution < 1.29 is 4.74 Å². The van der Waals surface area contributed by atoms with Gasteiger partial charge in [-0.2, -0.15) is 0 Å². The van der Waals surface area contributed by atoms with Crippen molar-refractivity contribution in [2.45, 2.75) is 45.6 Å². The fourth-order valence-electron chi connectivity index (χ4n) is 3.47. The topological polar surface area (TPSA) is 49.8 Å². The zero-order valence-corrected chi connectivity index (χ0v) is 17.7. The molecule has 1 aliphatic rings. The second kappa shape index (κ2) is 9.22. The van der Waals surface area contributed by atoms with Crippen molar-refractivity contribution in [2.24, 2.45) is 4.99 Å². The quantitative estimate of drug-likeness (QED) is 0.609. The number of hydrogen-bond acceptors (Lipinski definition) is 4. The minimum absolute atomic E-state index is 0.801. The van der Waals surface area contributed by atoms with E-state index in [9.17, 15) is 0 Å². The van der Waals surface area contributed by atoms with Gasteiger partial charge in [0.25, 0.3) is 0 Å². The molecule has 0 fully saturated rings. The highest BCUT2D eigenvalue weighted by Crippen LogP contribution is 2.27. The van der Waals surface area contributed by atoms with E-state index in [0.717, 1.165) is 43.2 Å². The van der Waals surface area contributed by atoms with Gasteiger partial charge < -0.3 is 15.0 Å². The molecule has 1 heterocycles. The number of thiazole rings is 1. The first-order chi connectivity index (χ1) is 13.1. The van der Waals surface area contributed by atoms with Gasteiger partial charge in [-0.1, -0.05) is 12.1 Å². The van der Waals surface area contributed by atoms with Crippen LogP contribution in [0.2, 0.25) is 0 Å². The van der Waals surface area contributed by atoms with Crippen LogP contribution in [0.25, 0.3) is 0 Å². The highest BCUT2D eigenvalue weighted by atomic mass is 32.1. The van der Waals surface area contributed by atoms with Crippen LogP contribution in [0.4, 0.5) is 0 Å². The van der Waals surface area contributed by atoms with E-state index in [0.29, 0.717) is 0 Å². The lowest BCUT2D eigenvalue weighted by Crippen LogP contribution is -2.39. The Morgan fingerprint density at radius 2 is 2.15 bits per heavy atom. The molecule has 1 aliphatic carbocycles. The Morgan fingerprint density at radius 3 is 2.89 bits per heavy atom. The number of benzene rings is 1. The van der Waals surface area contributed by atoms with Gasteiger partial charge in [0.05, 0.1) is 19.3 Å². The van der Waals surface area contributed by atoms with E-state index in [1.165, 1.54) is 40.4 Å². The van der Waals surface area contributed by atoms with Crippen molar-refractivity contribution in [1.29, 1.82) is 0 Å². The number of rotatable bonds is 6. The van der Waals surface area contributed by atoms with Gasteiger partial charge >= 0.3 is 0 Å². The molecule has 3 rings (SSSR count). The molecule has 2 aromatic rings. The van der Waals surface area contributed by atoms with Crippen molar-refractivity contribution in [3.8, 4) is 5.75 Å². The van der Waals surface area contributed by atoms with Gasteiger partial charge in [0.15, 0.2) is 5.96 Å². The summed E-state index contributed by atoms with van der Waals surface area (Å²) in [5, 5.41) is 4.65. The minimum atomic E-state index is 0.801. The molecule has 0 amide bonds. The van der Waals surface area contributed by atoms with E-state index in [4.69, 9.17) is 9.72 Å².